The molecule has 0 unspecified atom stereocenters. The summed E-state index contributed by atoms with van der Waals surface area (Å²) in [5.74, 6) is -3.59. The fourth-order valence-corrected chi connectivity index (χ4v) is 2.19. The summed E-state index contributed by atoms with van der Waals surface area (Å²) >= 11 is 0. The maximum absolute atomic E-state index is 13.1. The van der Waals surface area contributed by atoms with Crippen LogP contribution in [0.25, 0.3) is 0 Å². The van der Waals surface area contributed by atoms with E-state index in [0.29, 0.717) is 11.5 Å². The molecule has 0 saturated carbocycles. The zero-order valence-electron chi connectivity index (χ0n) is 15.6. The molecule has 8 nitrogen and oxygen atoms in total. The number of benzene rings is 2. The van der Waals surface area contributed by atoms with Crippen LogP contribution in [0.2, 0.25) is 0 Å². The van der Waals surface area contributed by atoms with Crippen LogP contribution in [-0.4, -0.2) is 45.2 Å². The van der Waals surface area contributed by atoms with E-state index in [0.717, 1.165) is 12.1 Å². The number of rotatable bonds is 8. The van der Waals surface area contributed by atoms with Gasteiger partial charge in [0.25, 0.3) is 5.91 Å². The molecule has 2 aromatic carbocycles. The number of anilines is 1. The number of halogens is 2. The molecule has 0 radical (unpaired) electrons. The molecule has 0 saturated heterocycles. The minimum atomic E-state index is -1.12. The molecule has 29 heavy (non-hydrogen) atoms. The highest BCUT2D eigenvalue weighted by atomic mass is 19.2. The van der Waals surface area contributed by atoms with Crippen LogP contribution in [0.1, 0.15) is 10.4 Å². The smallest absolute Gasteiger partial charge is 0.338 e. The fourth-order valence-electron chi connectivity index (χ4n) is 2.19. The van der Waals surface area contributed by atoms with Crippen molar-refractivity contribution in [3.8, 4) is 11.5 Å². The highest BCUT2D eigenvalue weighted by molar-refractivity contribution is 5.95. The topological polar surface area (TPSA) is 103 Å². The minimum Gasteiger partial charge on any atom is -0.493 e. The molecule has 2 aromatic rings. The zero-order valence-corrected chi connectivity index (χ0v) is 15.6. The van der Waals surface area contributed by atoms with Crippen molar-refractivity contribution >= 4 is 23.5 Å². The summed E-state index contributed by atoms with van der Waals surface area (Å²) in [6.07, 6.45) is 0. The Morgan fingerprint density at radius 3 is 2.28 bits per heavy atom. The maximum atomic E-state index is 13.1. The Hall–Kier alpha value is -3.69. The average molecular weight is 408 g/mol. The Balaban J connectivity index is 1.79. The van der Waals surface area contributed by atoms with E-state index in [4.69, 9.17) is 14.2 Å². The van der Waals surface area contributed by atoms with E-state index in [1.54, 1.807) is 0 Å². The zero-order chi connectivity index (χ0) is 21.4. The molecule has 0 bridgehead atoms. The highest BCUT2D eigenvalue weighted by Crippen LogP contribution is 2.27. The van der Waals surface area contributed by atoms with Gasteiger partial charge in [-0.05, 0) is 30.3 Å². The van der Waals surface area contributed by atoms with Crippen LogP contribution in [0.5, 0.6) is 11.5 Å². The summed E-state index contributed by atoms with van der Waals surface area (Å²) in [5.41, 5.74) is 0.176. The molecule has 0 heterocycles. The predicted molar refractivity (Wildman–Crippen MR) is 97.8 cm³/mol. The normalized spacial score (nSPS) is 10.1. The van der Waals surface area contributed by atoms with Gasteiger partial charge >= 0.3 is 5.97 Å². The lowest BCUT2D eigenvalue weighted by Crippen LogP contribution is -2.35. The molecule has 0 aliphatic rings. The summed E-state index contributed by atoms with van der Waals surface area (Å²) in [7, 11) is 2.86. The second-order valence-corrected chi connectivity index (χ2v) is 5.60. The molecule has 2 amide bonds. The number of ether oxygens (including phenoxy) is 3. The van der Waals surface area contributed by atoms with Crippen LogP contribution >= 0.6 is 0 Å². The summed E-state index contributed by atoms with van der Waals surface area (Å²) in [4.78, 5) is 35.5. The van der Waals surface area contributed by atoms with Crippen molar-refractivity contribution in [3.63, 3.8) is 0 Å². The van der Waals surface area contributed by atoms with Gasteiger partial charge in [-0.25, -0.2) is 13.6 Å². The molecule has 154 valence electrons. The van der Waals surface area contributed by atoms with Gasteiger partial charge in [-0.2, -0.15) is 0 Å². The van der Waals surface area contributed by atoms with Gasteiger partial charge < -0.3 is 24.8 Å². The number of amides is 2. The Bertz CT molecular complexity index is 920. The maximum Gasteiger partial charge on any atom is 0.338 e. The minimum absolute atomic E-state index is 0.0306. The largest absolute Gasteiger partial charge is 0.493 e. The molecule has 2 N–H and O–H groups in total. The van der Waals surface area contributed by atoms with Crippen molar-refractivity contribution in [2.45, 2.75) is 0 Å². The van der Waals surface area contributed by atoms with Crippen LogP contribution in [0.4, 0.5) is 14.5 Å². The molecule has 2 rings (SSSR count). The van der Waals surface area contributed by atoms with Crippen molar-refractivity contribution in [1.29, 1.82) is 0 Å². The Kier molecular flexibility index (Phi) is 7.47. The lowest BCUT2D eigenvalue weighted by atomic mass is 10.2. The summed E-state index contributed by atoms with van der Waals surface area (Å²) in [6.45, 7) is -1.07. The molecule has 0 atom stereocenters. The van der Waals surface area contributed by atoms with Crippen LogP contribution in [-0.2, 0) is 14.3 Å². The van der Waals surface area contributed by atoms with Gasteiger partial charge in [-0.1, -0.05) is 0 Å². The van der Waals surface area contributed by atoms with Crippen molar-refractivity contribution in [1.82, 2.24) is 5.32 Å². The van der Waals surface area contributed by atoms with E-state index >= 15 is 0 Å². The number of esters is 1. The van der Waals surface area contributed by atoms with E-state index in [2.05, 4.69) is 10.6 Å². The standard InChI is InChI=1S/C19H18F2N2O6/c1-27-15-6-3-11(7-16(15)28-2)19(26)29-10-18(25)22-9-17(24)23-12-4-5-13(20)14(21)8-12/h3-8H,9-10H2,1-2H3,(H,22,25)(H,23,24). The third-order valence-corrected chi connectivity index (χ3v) is 3.60. The van der Waals surface area contributed by atoms with Gasteiger partial charge in [0, 0.05) is 11.8 Å². The average Bonchev–Trinajstić information content (AvgIpc) is 2.72. The first-order valence-corrected chi connectivity index (χ1v) is 8.24. The third-order valence-electron chi connectivity index (χ3n) is 3.60. The van der Waals surface area contributed by atoms with Crippen molar-refractivity contribution in [3.05, 3.63) is 53.6 Å². The highest BCUT2D eigenvalue weighted by Gasteiger charge is 2.14. The second kappa shape index (κ2) is 10.0. The molecule has 0 spiro atoms. The predicted octanol–water partition coefficient (Wildman–Crippen LogP) is 1.89. The van der Waals surface area contributed by atoms with Crippen molar-refractivity contribution in [2.75, 3.05) is 32.7 Å². The van der Waals surface area contributed by atoms with Crippen LogP contribution in [0.3, 0.4) is 0 Å². The number of carbonyl (C=O) groups is 3. The first-order chi connectivity index (χ1) is 13.8. The van der Waals surface area contributed by atoms with Gasteiger partial charge in [0.1, 0.15) is 0 Å². The van der Waals surface area contributed by atoms with Gasteiger partial charge in [-0.3, -0.25) is 9.59 Å². The number of hydrogen-bond acceptors (Lipinski definition) is 6. The first kappa shape index (κ1) is 21.6. The summed E-state index contributed by atoms with van der Waals surface area (Å²) in [5, 5.41) is 4.52. The molecule has 0 aliphatic carbocycles. The van der Waals surface area contributed by atoms with Gasteiger partial charge in [0.05, 0.1) is 26.3 Å². The number of hydrogen-bond donors (Lipinski definition) is 2. The molecule has 0 fully saturated rings. The first-order valence-electron chi connectivity index (χ1n) is 8.24. The second-order valence-electron chi connectivity index (χ2n) is 5.60. The monoisotopic (exact) mass is 408 g/mol. The lowest BCUT2D eigenvalue weighted by Gasteiger charge is -2.10. The van der Waals surface area contributed by atoms with E-state index in [-0.39, 0.29) is 11.3 Å². The number of nitrogens with one attached hydrogen (secondary N) is 2. The van der Waals surface area contributed by atoms with E-state index in [1.807, 2.05) is 0 Å². The van der Waals surface area contributed by atoms with E-state index in [1.165, 1.54) is 38.5 Å². The fraction of sp³-hybridized carbons (Fsp3) is 0.211. The van der Waals surface area contributed by atoms with Crippen molar-refractivity contribution < 1.29 is 37.4 Å². The molecule has 10 heteroatoms. The molecular formula is C19H18F2N2O6. The summed E-state index contributed by atoms with van der Waals surface area (Å²) < 4.78 is 40.9. The number of carbonyl (C=O) groups excluding carboxylic acids is 3. The van der Waals surface area contributed by atoms with Crippen LogP contribution < -0.4 is 20.1 Å². The SMILES string of the molecule is COc1ccc(C(=O)OCC(=O)NCC(=O)Nc2ccc(F)c(F)c2)cc1OC. The Morgan fingerprint density at radius 1 is 0.897 bits per heavy atom. The van der Waals surface area contributed by atoms with E-state index < -0.39 is 42.6 Å². The third kappa shape index (κ3) is 6.16. The molecule has 0 aliphatic heterocycles. The van der Waals surface area contributed by atoms with Crippen molar-refractivity contribution in [2.24, 2.45) is 0 Å². The van der Waals surface area contributed by atoms with Gasteiger partial charge in [0.15, 0.2) is 29.7 Å². The molecule has 0 aromatic heterocycles. The Labute approximate surface area is 164 Å². The number of methoxy groups -OCH3 is 2. The van der Waals surface area contributed by atoms with Crippen LogP contribution in [0, 0.1) is 11.6 Å². The summed E-state index contributed by atoms with van der Waals surface area (Å²) in [6, 6.07) is 7.18. The van der Waals surface area contributed by atoms with Gasteiger partial charge in [0.2, 0.25) is 5.91 Å². The quantitative estimate of drug-likeness (QED) is 0.647. The van der Waals surface area contributed by atoms with E-state index in [9.17, 15) is 23.2 Å². The lowest BCUT2D eigenvalue weighted by molar-refractivity contribution is -0.126. The molecular weight excluding hydrogens is 390 g/mol. The van der Waals surface area contributed by atoms with Crippen LogP contribution in [0.15, 0.2) is 36.4 Å². The van der Waals surface area contributed by atoms with Gasteiger partial charge in [-0.15, -0.1) is 0 Å². The Morgan fingerprint density at radius 2 is 1.62 bits per heavy atom.